The number of anilines is 1. The molecule has 0 atom stereocenters. The van der Waals surface area contributed by atoms with Crippen LogP contribution in [0.4, 0.5) is 5.69 Å². The maximum absolute atomic E-state index is 10.6. The predicted octanol–water partition coefficient (Wildman–Crippen LogP) is 1.16. The van der Waals surface area contributed by atoms with Gasteiger partial charge in [0, 0.05) is 31.6 Å². The van der Waals surface area contributed by atoms with E-state index in [4.69, 9.17) is 10.5 Å². The first kappa shape index (κ1) is 12.9. The Bertz CT molecular complexity index is 458. The fourth-order valence-corrected chi connectivity index (χ4v) is 1.27. The van der Waals surface area contributed by atoms with Gasteiger partial charge in [0.1, 0.15) is 5.75 Å². The highest BCUT2D eigenvalue weighted by Crippen LogP contribution is 2.20. The first-order valence-electron chi connectivity index (χ1n) is 5.30. The van der Waals surface area contributed by atoms with Crippen LogP contribution in [0.2, 0.25) is 0 Å². The molecule has 0 radical (unpaired) electrons. The quantitative estimate of drug-likeness (QED) is 0.467. The van der Waals surface area contributed by atoms with E-state index in [1.165, 1.54) is 6.92 Å². The summed E-state index contributed by atoms with van der Waals surface area (Å²) >= 11 is 0. The zero-order valence-corrected chi connectivity index (χ0v) is 10.0. The summed E-state index contributed by atoms with van der Waals surface area (Å²) in [6.45, 7) is 2.04. The van der Waals surface area contributed by atoms with Crippen LogP contribution in [-0.2, 0) is 4.79 Å². The molecule has 0 saturated heterocycles. The highest BCUT2D eigenvalue weighted by atomic mass is 16.5. The molecule has 0 spiro atoms. The Morgan fingerprint density at radius 2 is 2.29 bits per heavy atom. The Hall–Kier alpha value is -2.15. The van der Waals surface area contributed by atoms with Crippen LogP contribution >= 0.6 is 0 Å². The molecule has 0 bridgehead atoms. The number of carbonyl (C=O) groups excluding carboxylic acids is 1. The van der Waals surface area contributed by atoms with Crippen LogP contribution in [0.3, 0.4) is 0 Å². The van der Waals surface area contributed by atoms with Crippen LogP contribution in [0, 0.1) is 11.8 Å². The van der Waals surface area contributed by atoms with E-state index < -0.39 is 0 Å². The van der Waals surface area contributed by atoms with Crippen molar-refractivity contribution in [1.82, 2.24) is 5.32 Å². The first-order valence-corrected chi connectivity index (χ1v) is 5.30. The van der Waals surface area contributed by atoms with Crippen molar-refractivity contribution in [1.29, 1.82) is 0 Å². The smallest absolute Gasteiger partial charge is 0.216 e. The Morgan fingerprint density at radius 1 is 1.53 bits per heavy atom. The molecule has 0 aliphatic rings. The molecule has 0 heterocycles. The summed E-state index contributed by atoms with van der Waals surface area (Å²) in [5, 5.41) is 2.68. The van der Waals surface area contributed by atoms with Gasteiger partial charge in [-0.1, -0.05) is 11.8 Å². The van der Waals surface area contributed by atoms with Gasteiger partial charge >= 0.3 is 0 Å². The fourth-order valence-electron chi connectivity index (χ4n) is 1.27. The van der Waals surface area contributed by atoms with Crippen molar-refractivity contribution in [2.75, 3.05) is 19.4 Å². The van der Waals surface area contributed by atoms with Gasteiger partial charge in [-0.05, 0) is 12.1 Å². The minimum Gasteiger partial charge on any atom is -0.495 e. The summed E-state index contributed by atoms with van der Waals surface area (Å²) in [4.78, 5) is 10.6. The van der Waals surface area contributed by atoms with Crippen LogP contribution < -0.4 is 15.8 Å². The topological polar surface area (TPSA) is 64.3 Å². The molecule has 0 unspecified atom stereocenters. The third kappa shape index (κ3) is 4.47. The molecule has 0 aliphatic carbocycles. The molecular formula is C13H16N2O2. The lowest BCUT2D eigenvalue weighted by Gasteiger charge is -2.03. The van der Waals surface area contributed by atoms with Crippen molar-refractivity contribution in [3.8, 4) is 17.6 Å². The number of amides is 1. The Kier molecular flexibility index (Phi) is 4.89. The highest BCUT2D eigenvalue weighted by Gasteiger charge is 1.99. The molecule has 4 nitrogen and oxygen atoms in total. The summed E-state index contributed by atoms with van der Waals surface area (Å²) in [7, 11) is 1.58. The molecule has 1 aromatic carbocycles. The Morgan fingerprint density at radius 3 is 2.94 bits per heavy atom. The van der Waals surface area contributed by atoms with Crippen LogP contribution in [-0.4, -0.2) is 19.6 Å². The molecule has 0 fully saturated rings. The lowest BCUT2D eigenvalue weighted by atomic mass is 10.2. The second kappa shape index (κ2) is 6.44. The lowest BCUT2D eigenvalue weighted by molar-refractivity contribution is -0.118. The molecule has 90 valence electrons. The molecule has 1 aromatic rings. The first-order chi connectivity index (χ1) is 8.13. The monoisotopic (exact) mass is 232 g/mol. The van der Waals surface area contributed by atoms with Gasteiger partial charge in [-0.15, -0.1) is 0 Å². The maximum Gasteiger partial charge on any atom is 0.216 e. The minimum atomic E-state index is -0.0446. The largest absolute Gasteiger partial charge is 0.495 e. The zero-order chi connectivity index (χ0) is 12.7. The summed E-state index contributed by atoms with van der Waals surface area (Å²) in [6, 6.07) is 5.33. The van der Waals surface area contributed by atoms with Crippen molar-refractivity contribution < 1.29 is 9.53 Å². The van der Waals surface area contributed by atoms with Crippen molar-refractivity contribution >= 4 is 11.6 Å². The Labute approximate surface area is 101 Å². The van der Waals surface area contributed by atoms with Crippen molar-refractivity contribution in [2.24, 2.45) is 0 Å². The van der Waals surface area contributed by atoms with Crippen LogP contribution in [0.1, 0.15) is 18.9 Å². The van der Waals surface area contributed by atoms with Gasteiger partial charge in [0.15, 0.2) is 0 Å². The van der Waals surface area contributed by atoms with Gasteiger partial charge < -0.3 is 15.8 Å². The zero-order valence-electron chi connectivity index (χ0n) is 10.0. The van der Waals surface area contributed by atoms with E-state index in [1.807, 2.05) is 6.07 Å². The number of rotatable bonds is 3. The van der Waals surface area contributed by atoms with Gasteiger partial charge in [-0.25, -0.2) is 0 Å². The summed E-state index contributed by atoms with van der Waals surface area (Å²) in [6.07, 6.45) is 0.604. The number of nitrogens with one attached hydrogen (secondary N) is 1. The van der Waals surface area contributed by atoms with Crippen molar-refractivity contribution in [2.45, 2.75) is 13.3 Å². The Balaban J connectivity index is 2.62. The number of benzene rings is 1. The van der Waals surface area contributed by atoms with Gasteiger partial charge in [-0.3, -0.25) is 4.79 Å². The molecule has 4 heteroatoms. The van der Waals surface area contributed by atoms with Gasteiger partial charge in [0.05, 0.1) is 12.7 Å². The van der Waals surface area contributed by atoms with E-state index in [0.29, 0.717) is 24.4 Å². The molecule has 1 rings (SSSR count). The number of nitrogens with two attached hydrogens (primary N) is 1. The van der Waals surface area contributed by atoms with Gasteiger partial charge in [0.2, 0.25) is 5.91 Å². The van der Waals surface area contributed by atoms with Gasteiger partial charge in [-0.2, -0.15) is 0 Å². The summed E-state index contributed by atoms with van der Waals surface area (Å²) in [5.74, 6) is 6.57. The number of nitrogen functional groups attached to an aromatic ring is 1. The average Bonchev–Trinajstić information content (AvgIpc) is 2.29. The number of methoxy groups -OCH3 is 1. The highest BCUT2D eigenvalue weighted by molar-refractivity contribution is 5.72. The maximum atomic E-state index is 10.6. The molecule has 0 aliphatic heterocycles. The standard InChI is InChI=1S/C13H16N2O2/c1-10(16)15-8-4-3-5-11-6-7-12(14)9-13(11)17-2/h6-7,9H,4,8,14H2,1-2H3,(H,15,16). The fraction of sp³-hybridized carbons (Fsp3) is 0.308. The van der Waals surface area contributed by atoms with E-state index in [0.717, 1.165) is 5.56 Å². The average molecular weight is 232 g/mol. The number of carbonyl (C=O) groups is 1. The number of hydrogen-bond acceptors (Lipinski definition) is 3. The van der Waals surface area contributed by atoms with Crippen LogP contribution in [0.5, 0.6) is 5.75 Å². The molecule has 0 aromatic heterocycles. The van der Waals surface area contributed by atoms with E-state index >= 15 is 0 Å². The van der Waals surface area contributed by atoms with E-state index in [9.17, 15) is 4.79 Å². The SMILES string of the molecule is COc1cc(N)ccc1C#CCCNC(C)=O. The second-order valence-electron chi connectivity index (χ2n) is 3.49. The van der Waals surface area contributed by atoms with E-state index in [2.05, 4.69) is 17.2 Å². The molecule has 1 amide bonds. The van der Waals surface area contributed by atoms with E-state index in [-0.39, 0.29) is 5.91 Å². The number of ether oxygens (including phenoxy) is 1. The third-order valence-electron chi connectivity index (χ3n) is 2.07. The number of hydrogen-bond donors (Lipinski definition) is 2. The second-order valence-corrected chi connectivity index (χ2v) is 3.49. The summed E-state index contributed by atoms with van der Waals surface area (Å²) in [5.41, 5.74) is 7.08. The molecule has 0 saturated carbocycles. The van der Waals surface area contributed by atoms with Gasteiger partial charge in [0.25, 0.3) is 0 Å². The van der Waals surface area contributed by atoms with Crippen LogP contribution in [0.25, 0.3) is 0 Å². The van der Waals surface area contributed by atoms with Crippen LogP contribution in [0.15, 0.2) is 18.2 Å². The minimum absolute atomic E-state index is 0.0446. The predicted molar refractivity (Wildman–Crippen MR) is 67.6 cm³/mol. The third-order valence-corrected chi connectivity index (χ3v) is 2.07. The van der Waals surface area contributed by atoms with Crippen molar-refractivity contribution in [3.63, 3.8) is 0 Å². The lowest BCUT2D eigenvalue weighted by Crippen LogP contribution is -2.20. The molecule has 3 N–H and O–H groups in total. The summed E-state index contributed by atoms with van der Waals surface area (Å²) < 4.78 is 5.17. The van der Waals surface area contributed by atoms with E-state index in [1.54, 1.807) is 19.2 Å². The molecular weight excluding hydrogens is 216 g/mol. The van der Waals surface area contributed by atoms with Crippen molar-refractivity contribution in [3.05, 3.63) is 23.8 Å². The normalized spacial score (nSPS) is 9.06. The molecule has 17 heavy (non-hydrogen) atoms.